The molecule has 4 aliphatic heterocycles. The van der Waals surface area contributed by atoms with Gasteiger partial charge >= 0.3 is 20.2 Å². The summed E-state index contributed by atoms with van der Waals surface area (Å²) in [5.41, 5.74) is 2.71. The van der Waals surface area contributed by atoms with Crippen LogP contribution in [0.1, 0.15) is 77.3 Å². The lowest BCUT2D eigenvalue weighted by Crippen LogP contribution is -2.60. The first-order chi connectivity index (χ1) is 23.0. The van der Waals surface area contributed by atoms with E-state index >= 15 is 0 Å². The Labute approximate surface area is 276 Å². The molecule has 0 unspecified atom stereocenters. The van der Waals surface area contributed by atoms with E-state index in [0.717, 1.165) is 11.1 Å². The quantitative estimate of drug-likeness (QED) is 0.179. The van der Waals surface area contributed by atoms with Gasteiger partial charge in [-0.2, -0.15) is 0 Å². The third kappa shape index (κ3) is 6.85. The zero-order chi connectivity index (χ0) is 34.1. The van der Waals surface area contributed by atoms with Gasteiger partial charge in [-0.15, -0.1) is 5.06 Å². The van der Waals surface area contributed by atoms with Crippen LogP contribution in [0.25, 0.3) is 0 Å². The highest BCUT2D eigenvalue weighted by Crippen LogP contribution is 2.23. The number of rotatable bonds is 9. The summed E-state index contributed by atoms with van der Waals surface area (Å²) in [6.45, 7) is 2.20. The second-order valence-electron chi connectivity index (χ2n) is 12.3. The molecule has 0 bridgehead atoms. The lowest BCUT2D eigenvalue weighted by atomic mass is 9.78. The number of fused-ring (bicyclic) bond motifs is 2. The molecule has 2 saturated heterocycles. The molecule has 4 aliphatic rings. The van der Waals surface area contributed by atoms with Crippen molar-refractivity contribution in [2.24, 2.45) is 0 Å². The van der Waals surface area contributed by atoms with Gasteiger partial charge in [-0.25, -0.2) is 4.79 Å². The molecule has 2 aromatic carbocycles. The maximum Gasteiger partial charge on any atom is 0.491 e. The maximum absolute atomic E-state index is 14.3. The number of imide groups is 1. The van der Waals surface area contributed by atoms with E-state index in [0.29, 0.717) is 35.3 Å². The number of benzene rings is 2. The van der Waals surface area contributed by atoms with Crippen LogP contribution in [-0.2, 0) is 46.5 Å². The van der Waals surface area contributed by atoms with Crippen LogP contribution in [0.5, 0.6) is 0 Å². The van der Waals surface area contributed by atoms with Crippen LogP contribution in [0.4, 0.5) is 0 Å². The fourth-order valence-electron chi connectivity index (χ4n) is 6.38. The molecular weight excluding hydrogens is 626 g/mol. The molecule has 3 atom stereocenters. The van der Waals surface area contributed by atoms with Crippen LogP contribution < -0.4 is 21.6 Å². The van der Waals surface area contributed by atoms with E-state index in [1.807, 2.05) is 0 Å². The van der Waals surface area contributed by atoms with E-state index in [2.05, 4.69) is 10.6 Å². The van der Waals surface area contributed by atoms with Gasteiger partial charge in [0.05, 0.1) is 25.7 Å². The maximum atomic E-state index is 14.3. The van der Waals surface area contributed by atoms with Crippen LogP contribution in [0.3, 0.4) is 0 Å². The van der Waals surface area contributed by atoms with Crippen LogP contribution >= 0.6 is 0 Å². The van der Waals surface area contributed by atoms with Crippen LogP contribution in [0.2, 0.25) is 0 Å². The van der Waals surface area contributed by atoms with Crippen molar-refractivity contribution in [1.82, 2.24) is 20.6 Å². The molecule has 48 heavy (non-hydrogen) atoms. The third-order valence-electron chi connectivity index (χ3n) is 9.06. The Balaban J connectivity index is 1.22. The summed E-state index contributed by atoms with van der Waals surface area (Å²) in [6.07, 6.45) is 1.32. The van der Waals surface area contributed by atoms with Crippen molar-refractivity contribution >= 4 is 60.7 Å². The topological polar surface area (TPSA) is 201 Å². The van der Waals surface area contributed by atoms with Crippen molar-refractivity contribution in [2.45, 2.75) is 76.8 Å². The summed E-state index contributed by atoms with van der Waals surface area (Å²) in [7, 11) is -2.36. The minimum atomic E-state index is -1.31. The van der Waals surface area contributed by atoms with Gasteiger partial charge in [0.1, 0.15) is 6.04 Å². The van der Waals surface area contributed by atoms with E-state index in [9.17, 15) is 38.8 Å². The van der Waals surface area contributed by atoms with Gasteiger partial charge in [-0.05, 0) is 72.5 Å². The number of hydroxylamine groups is 2. The molecule has 0 spiro atoms. The zero-order valence-corrected chi connectivity index (χ0v) is 26.2. The fraction of sp³-hybridized carbons (Fsp3) is 0.419. The number of amides is 5. The van der Waals surface area contributed by atoms with Crippen LogP contribution in [0, 0.1) is 0 Å². The number of hydrogen-bond acceptors (Lipinski definition) is 11. The Hall–Kier alpha value is -4.57. The van der Waals surface area contributed by atoms with E-state index in [1.165, 1.54) is 17.0 Å². The Morgan fingerprint density at radius 1 is 0.896 bits per heavy atom. The van der Waals surface area contributed by atoms with Crippen LogP contribution in [0.15, 0.2) is 36.4 Å². The highest BCUT2D eigenvalue weighted by molar-refractivity contribution is 6.62. The fourth-order valence-corrected chi connectivity index (χ4v) is 6.38. The predicted octanol–water partition coefficient (Wildman–Crippen LogP) is -1.58. The SMILES string of the molecule is C[C@H](NC(=O)c1ccc2c(c1)B(O)OC2)[C@H](NC(=O)c1ccc2c(c1)B(O)OC2)C(=O)N1CCCC[C@H]1CC(=O)ON1C(=O)CCC1=O. The second kappa shape index (κ2) is 13.9. The van der Waals surface area contributed by atoms with Gasteiger partial charge in [-0.1, -0.05) is 12.1 Å². The molecule has 0 aromatic heterocycles. The molecular formula is C31H34B2N4O11. The number of nitrogens with one attached hydrogen (secondary N) is 2. The standard InChI is InChI=1S/C31H34B2N4O11/c1-17(34-29(41)18-5-7-20-15-46-32(44)23(20)12-18)28(35-30(42)19-6-8-21-16-47-33(45)24(21)13-19)31(43)36-11-3-2-4-22(36)14-27(40)48-37-25(38)9-10-26(37)39/h5-8,12-13,17,22,28,44-45H,2-4,9-11,14-16H2,1H3,(H,34,41)(H,35,42)/t17-,22-,28-/m0/s1. The van der Waals surface area contributed by atoms with Gasteiger partial charge in [0, 0.05) is 36.6 Å². The summed E-state index contributed by atoms with van der Waals surface area (Å²) < 4.78 is 10.4. The summed E-state index contributed by atoms with van der Waals surface area (Å²) >= 11 is 0. The zero-order valence-electron chi connectivity index (χ0n) is 26.2. The summed E-state index contributed by atoms with van der Waals surface area (Å²) in [4.78, 5) is 84.5. The van der Waals surface area contributed by atoms with Gasteiger partial charge in [0.15, 0.2) is 0 Å². The number of nitrogens with zero attached hydrogens (tertiary/aromatic N) is 2. The molecule has 4 heterocycles. The van der Waals surface area contributed by atoms with Crippen molar-refractivity contribution < 1.29 is 53.0 Å². The van der Waals surface area contributed by atoms with Crippen LogP contribution in [-0.4, -0.2) is 94.4 Å². The Morgan fingerprint density at radius 2 is 1.46 bits per heavy atom. The normalized spacial score (nSPS) is 19.9. The predicted molar refractivity (Wildman–Crippen MR) is 167 cm³/mol. The van der Waals surface area contributed by atoms with Crippen molar-refractivity contribution in [3.63, 3.8) is 0 Å². The molecule has 6 rings (SSSR count). The Morgan fingerprint density at radius 3 is 2.04 bits per heavy atom. The number of likely N-dealkylation sites (tertiary alicyclic amines) is 1. The van der Waals surface area contributed by atoms with Crippen molar-refractivity contribution in [2.75, 3.05) is 6.54 Å². The molecule has 4 N–H and O–H groups in total. The van der Waals surface area contributed by atoms with Gasteiger partial charge in [-0.3, -0.25) is 24.0 Å². The first-order valence-corrected chi connectivity index (χ1v) is 15.8. The molecule has 250 valence electrons. The molecule has 17 heteroatoms. The molecule has 2 fully saturated rings. The van der Waals surface area contributed by atoms with Crippen molar-refractivity contribution in [3.8, 4) is 0 Å². The largest absolute Gasteiger partial charge is 0.491 e. The molecule has 0 saturated carbocycles. The average molecular weight is 660 g/mol. The van der Waals surface area contributed by atoms with E-state index in [4.69, 9.17) is 14.1 Å². The number of carbonyl (C=O) groups excluding carboxylic acids is 6. The lowest BCUT2D eigenvalue weighted by molar-refractivity contribution is -0.198. The monoisotopic (exact) mass is 660 g/mol. The first-order valence-electron chi connectivity index (χ1n) is 15.8. The van der Waals surface area contributed by atoms with Gasteiger partial charge < -0.3 is 39.7 Å². The van der Waals surface area contributed by atoms with E-state index in [-0.39, 0.29) is 50.1 Å². The third-order valence-corrected chi connectivity index (χ3v) is 9.06. The van der Waals surface area contributed by atoms with E-state index in [1.54, 1.807) is 31.2 Å². The highest BCUT2D eigenvalue weighted by Gasteiger charge is 2.39. The molecule has 0 radical (unpaired) electrons. The van der Waals surface area contributed by atoms with Crippen molar-refractivity contribution in [3.05, 3.63) is 58.7 Å². The highest BCUT2D eigenvalue weighted by atomic mass is 16.7. The summed E-state index contributed by atoms with van der Waals surface area (Å²) in [6, 6.07) is 6.46. The Kier molecular flexibility index (Phi) is 9.64. The second-order valence-corrected chi connectivity index (χ2v) is 12.3. The minimum Gasteiger partial charge on any atom is -0.423 e. The molecule has 0 aliphatic carbocycles. The molecule has 5 amide bonds. The number of piperidine rings is 1. The summed E-state index contributed by atoms with van der Waals surface area (Å²) in [5, 5.41) is 26.2. The number of carbonyl (C=O) groups is 6. The Bertz CT molecular complexity index is 1660. The van der Waals surface area contributed by atoms with Crippen molar-refractivity contribution in [1.29, 1.82) is 0 Å². The minimum absolute atomic E-state index is 0.0544. The smallest absolute Gasteiger partial charge is 0.423 e. The average Bonchev–Trinajstić information content (AvgIpc) is 3.74. The van der Waals surface area contributed by atoms with E-state index < -0.39 is 67.9 Å². The first kappa shape index (κ1) is 33.3. The molecule has 15 nitrogen and oxygen atoms in total. The summed E-state index contributed by atoms with van der Waals surface area (Å²) in [5.74, 6) is -3.86. The van der Waals surface area contributed by atoms with Gasteiger partial charge in [0.2, 0.25) is 5.91 Å². The number of hydrogen-bond donors (Lipinski definition) is 4. The molecule has 2 aromatic rings. The van der Waals surface area contributed by atoms with Gasteiger partial charge in [0.25, 0.3) is 23.6 Å². The lowest BCUT2D eigenvalue weighted by Gasteiger charge is -2.39.